The van der Waals surface area contributed by atoms with Crippen molar-refractivity contribution in [2.45, 2.75) is 13.0 Å². The van der Waals surface area contributed by atoms with E-state index in [1.54, 1.807) is 13.0 Å². The zero-order valence-corrected chi connectivity index (χ0v) is 9.14. The standard InChI is InChI=1S/C13H15NO2/c1-9(15)8-14-12-6-2-5-11-10(12)4-3-7-13(11)16/h2-7,9,14-16H,8H2,1H3. The minimum absolute atomic E-state index is 0.276. The second-order valence-corrected chi connectivity index (χ2v) is 3.91. The van der Waals surface area contributed by atoms with Gasteiger partial charge in [0.1, 0.15) is 5.75 Å². The molecule has 3 nitrogen and oxygen atoms in total. The summed E-state index contributed by atoms with van der Waals surface area (Å²) in [4.78, 5) is 0. The summed E-state index contributed by atoms with van der Waals surface area (Å²) in [6.07, 6.45) is -0.396. The number of benzene rings is 2. The molecule has 0 heterocycles. The Morgan fingerprint density at radius 2 is 1.81 bits per heavy atom. The van der Waals surface area contributed by atoms with Crippen LogP contribution in [0.2, 0.25) is 0 Å². The maximum atomic E-state index is 9.70. The summed E-state index contributed by atoms with van der Waals surface area (Å²) in [5.74, 6) is 0.276. The van der Waals surface area contributed by atoms with Gasteiger partial charge >= 0.3 is 0 Å². The molecule has 0 amide bonds. The first-order chi connectivity index (χ1) is 7.68. The van der Waals surface area contributed by atoms with Gasteiger partial charge in [-0.25, -0.2) is 0 Å². The van der Waals surface area contributed by atoms with Crippen LogP contribution in [0.4, 0.5) is 5.69 Å². The Hall–Kier alpha value is -1.74. The highest BCUT2D eigenvalue weighted by atomic mass is 16.3. The van der Waals surface area contributed by atoms with E-state index in [2.05, 4.69) is 5.32 Å². The van der Waals surface area contributed by atoms with Crippen LogP contribution in [-0.4, -0.2) is 22.9 Å². The smallest absolute Gasteiger partial charge is 0.123 e. The zero-order chi connectivity index (χ0) is 11.5. The fourth-order valence-corrected chi connectivity index (χ4v) is 1.71. The maximum absolute atomic E-state index is 9.70. The monoisotopic (exact) mass is 217 g/mol. The van der Waals surface area contributed by atoms with Gasteiger partial charge in [-0.2, -0.15) is 0 Å². The lowest BCUT2D eigenvalue weighted by Gasteiger charge is -2.11. The van der Waals surface area contributed by atoms with E-state index in [9.17, 15) is 10.2 Å². The lowest BCUT2D eigenvalue weighted by atomic mass is 10.1. The molecule has 0 bridgehead atoms. The highest BCUT2D eigenvalue weighted by Crippen LogP contribution is 2.29. The van der Waals surface area contributed by atoms with E-state index in [-0.39, 0.29) is 5.75 Å². The van der Waals surface area contributed by atoms with Crippen LogP contribution in [0.25, 0.3) is 10.8 Å². The van der Waals surface area contributed by atoms with Gasteiger partial charge in [0.15, 0.2) is 0 Å². The van der Waals surface area contributed by atoms with Gasteiger partial charge in [0.25, 0.3) is 0 Å². The van der Waals surface area contributed by atoms with Crippen LogP contribution >= 0.6 is 0 Å². The summed E-state index contributed by atoms with van der Waals surface area (Å²) in [7, 11) is 0. The quantitative estimate of drug-likeness (QED) is 0.739. The molecular weight excluding hydrogens is 202 g/mol. The molecule has 3 N–H and O–H groups in total. The Bertz CT molecular complexity index is 494. The lowest BCUT2D eigenvalue weighted by Crippen LogP contribution is -2.15. The van der Waals surface area contributed by atoms with Gasteiger partial charge in [-0.15, -0.1) is 0 Å². The van der Waals surface area contributed by atoms with Gasteiger partial charge < -0.3 is 15.5 Å². The van der Waals surface area contributed by atoms with E-state index < -0.39 is 6.10 Å². The van der Waals surface area contributed by atoms with Gasteiger partial charge in [-0.3, -0.25) is 0 Å². The lowest BCUT2D eigenvalue weighted by molar-refractivity contribution is 0.208. The zero-order valence-electron chi connectivity index (χ0n) is 9.14. The molecule has 84 valence electrons. The van der Waals surface area contributed by atoms with Crippen LogP contribution in [0.3, 0.4) is 0 Å². The fraction of sp³-hybridized carbons (Fsp3) is 0.231. The van der Waals surface area contributed by atoms with E-state index in [1.807, 2.05) is 30.3 Å². The van der Waals surface area contributed by atoms with E-state index >= 15 is 0 Å². The molecule has 16 heavy (non-hydrogen) atoms. The Kier molecular flexibility index (Phi) is 2.97. The first kappa shape index (κ1) is 10.8. The van der Waals surface area contributed by atoms with Gasteiger partial charge in [-0.1, -0.05) is 24.3 Å². The molecule has 0 aliphatic carbocycles. The predicted octanol–water partition coefficient (Wildman–Crippen LogP) is 2.34. The first-order valence-corrected chi connectivity index (χ1v) is 5.31. The Balaban J connectivity index is 2.42. The molecule has 2 aromatic carbocycles. The molecule has 1 unspecified atom stereocenters. The topological polar surface area (TPSA) is 52.5 Å². The highest BCUT2D eigenvalue weighted by Gasteiger charge is 2.04. The van der Waals surface area contributed by atoms with E-state index in [1.165, 1.54) is 0 Å². The van der Waals surface area contributed by atoms with Crippen molar-refractivity contribution in [1.82, 2.24) is 0 Å². The number of hydrogen-bond acceptors (Lipinski definition) is 3. The Labute approximate surface area is 94.3 Å². The van der Waals surface area contributed by atoms with Crippen molar-refractivity contribution in [3.8, 4) is 5.75 Å². The number of nitrogens with one attached hydrogen (secondary N) is 1. The molecule has 0 aliphatic heterocycles. The molecule has 0 aliphatic rings. The largest absolute Gasteiger partial charge is 0.507 e. The fourth-order valence-electron chi connectivity index (χ4n) is 1.71. The first-order valence-electron chi connectivity index (χ1n) is 5.31. The molecule has 0 spiro atoms. The summed E-state index contributed by atoms with van der Waals surface area (Å²) in [5.41, 5.74) is 0.925. The molecule has 0 saturated carbocycles. The van der Waals surface area contributed by atoms with Gasteiger partial charge in [0.2, 0.25) is 0 Å². The number of phenolic OH excluding ortho intramolecular Hbond substituents is 1. The van der Waals surface area contributed by atoms with Crippen LogP contribution in [0.1, 0.15) is 6.92 Å². The second-order valence-electron chi connectivity index (χ2n) is 3.91. The SMILES string of the molecule is CC(O)CNc1cccc2c(O)cccc12. The van der Waals surface area contributed by atoms with Gasteiger partial charge in [0, 0.05) is 23.0 Å². The molecule has 2 aromatic rings. The van der Waals surface area contributed by atoms with E-state index in [4.69, 9.17) is 0 Å². The average Bonchev–Trinajstić information content (AvgIpc) is 2.27. The molecule has 0 aromatic heterocycles. The van der Waals surface area contributed by atoms with Crippen molar-refractivity contribution in [2.24, 2.45) is 0 Å². The number of rotatable bonds is 3. The molecule has 0 radical (unpaired) electrons. The van der Waals surface area contributed by atoms with Crippen molar-refractivity contribution in [3.05, 3.63) is 36.4 Å². The number of hydrogen-bond donors (Lipinski definition) is 3. The van der Waals surface area contributed by atoms with Crippen LogP contribution in [0.15, 0.2) is 36.4 Å². The minimum atomic E-state index is -0.396. The predicted molar refractivity (Wildman–Crippen MR) is 65.8 cm³/mol. The number of aliphatic hydroxyl groups is 1. The number of anilines is 1. The van der Waals surface area contributed by atoms with Gasteiger partial charge in [0.05, 0.1) is 6.10 Å². The minimum Gasteiger partial charge on any atom is -0.507 e. The van der Waals surface area contributed by atoms with Crippen LogP contribution < -0.4 is 5.32 Å². The summed E-state index contributed by atoms with van der Waals surface area (Å²) in [5, 5.41) is 23.9. The summed E-state index contributed by atoms with van der Waals surface area (Å²) < 4.78 is 0. The van der Waals surface area contributed by atoms with Crippen molar-refractivity contribution >= 4 is 16.5 Å². The Morgan fingerprint density at radius 1 is 1.12 bits per heavy atom. The molecular formula is C13H15NO2. The van der Waals surface area contributed by atoms with Crippen LogP contribution in [0, 0.1) is 0 Å². The molecule has 1 atom stereocenters. The number of fused-ring (bicyclic) bond motifs is 1. The second kappa shape index (κ2) is 4.41. The van der Waals surface area contributed by atoms with Crippen LogP contribution in [-0.2, 0) is 0 Å². The summed E-state index contributed by atoms with van der Waals surface area (Å²) >= 11 is 0. The van der Waals surface area contributed by atoms with E-state index in [0.717, 1.165) is 16.5 Å². The number of aromatic hydroxyl groups is 1. The third-order valence-electron chi connectivity index (χ3n) is 2.49. The molecule has 0 fully saturated rings. The molecule has 3 heteroatoms. The number of aliphatic hydroxyl groups excluding tert-OH is 1. The van der Waals surface area contributed by atoms with Crippen molar-refractivity contribution in [3.63, 3.8) is 0 Å². The van der Waals surface area contributed by atoms with Crippen molar-refractivity contribution in [2.75, 3.05) is 11.9 Å². The van der Waals surface area contributed by atoms with E-state index in [0.29, 0.717) is 6.54 Å². The summed E-state index contributed by atoms with van der Waals surface area (Å²) in [6.45, 7) is 2.23. The molecule has 2 rings (SSSR count). The van der Waals surface area contributed by atoms with Gasteiger partial charge in [-0.05, 0) is 19.1 Å². The van der Waals surface area contributed by atoms with Crippen molar-refractivity contribution < 1.29 is 10.2 Å². The third-order valence-corrected chi connectivity index (χ3v) is 2.49. The highest BCUT2D eigenvalue weighted by molar-refractivity contribution is 5.97. The normalized spacial score (nSPS) is 12.6. The summed E-state index contributed by atoms with van der Waals surface area (Å²) in [6, 6.07) is 11.1. The Morgan fingerprint density at radius 3 is 2.56 bits per heavy atom. The maximum Gasteiger partial charge on any atom is 0.123 e. The average molecular weight is 217 g/mol. The number of phenols is 1. The molecule has 0 saturated heterocycles. The van der Waals surface area contributed by atoms with Crippen molar-refractivity contribution in [1.29, 1.82) is 0 Å². The third kappa shape index (κ3) is 2.09. The van der Waals surface area contributed by atoms with Crippen LogP contribution in [0.5, 0.6) is 5.75 Å².